The van der Waals surface area contributed by atoms with Gasteiger partial charge in [-0.2, -0.15) is 28.1 Å². The van der Waals surface area contributed by atoms with E-state index in [2.05, 4.69) is 30.9 Å². The summed E-state index contributed by atoms with van der Waals surface area (Å²) in [6.45, 7) is 0.982. The number of hydrogen-bond acceptors (Lipinski definition) is 7. The maximum Gasteiger partial charge on any atom is 0.422 e. The largest absolute Gasteiger partial charge is 0.454 e. The summed E-state index contributed by atoms with van der Waals surface area (Å²) in [4.78, 5) is 24.4. The van der Waals surface area contributed by atoms with Gasteiger partial charge in [0.2, 0.25) is 11.9 Å². The number of aromatic nitrogens is 3. The molecular weight excluding hydrogens is 497 g/mol. The summed E-state index contributed by atoms with van der Waals surface area (Å²) in [6, 6.07) is 13.3. The van der Waals surface area contributed by atoms with Gasteiger partial charge in [0.05, 0.1) is 5.54 Å². The highest BCUT2D eigenvalue weighted by atomic mass is 35.5. The number of ether oxygens (including phenoxy) is 1. The van der Waals surface area contributed by atoms with Gasteiger partial charge in [-0.3, -0.25) is 4.79 Å². The maximum atomic E-state index is 12.7. The second kappa shape index (κ2) is 10.6. The van der Waals surface area contributed by atoms with Crippen molar-refractivity contribution >= 4 is 35.1 Å². The number of benzene rings is 2. The molecule has 1 aliphatic rings. The van der Waals surface area contributed by atoms with Gasteiger partial charge in [0.15, 0.2) is 6.61 Å². The third kappa shape index (κ3) is 6.75. The van der Waals surface area contributed by atoms with Crippen LogP contribution < -0.4 is 20.7 Å². The van der Waals surface area contributed by atoms with Crippen LogP contribution in [0.4, 0.5) is 30.8 Å². The van der Waals surface area contributed by atoms with E-state index in [1.807, 2.05) is 19.1 Å². The van der Waals surface area contributed by atoms with E-state index in [1.165, 1.54) is 0 Å². The van der Waals surface area contributed by atoms with Gasteiger partial charge in [0.25, 0.3) is 5.91 Å². The molecule has 36 heavy (non-hydrogen) atoms. The van der Waals surface area contributed by atoms with Gasteiger partial charge in [-0.15, -0.1) is 0 Å². The Labute approximate surface area is 210 Å². The molecule has 0 unspecified atom stereocenters. The summed E-state index contributed by atoms with van der Waals surface area (Å²) in [6.07, 6.45) is -2.17. The van der Waals surface area contributed by atoms with Crippen LogP contribution in [0.5, 0.6) is 6.01 Å². The minimum absolute atomic E-state index is 0.0141. The van der Waals surface area contributed by atoms with Crippen LogP contribution in [0, 0.1) is 0 Å². The molecule has 190 valence electrons. The Morgan fingerprint density at radius 3 is 2.31 bits per heavy atom. The highest BCUT2D eigenvalue weighted by molar-refractivity contribution is 6.30. The molecule has 0 atom stereocenters. The SMILES string of the molecule is CCCNC(=O)c1ccc(Nc2nc(NC3(c4ccc(Cl)cc4)CC3)nc(OCC(F)(F)F)n2)cc1. The third-order valence-electron chi connectivity index (χ3n) is 5.42. The fourth-order valence-corrected chi connectivity index (χ4v) is 3.57. The smallest absolute Gasteiger partial charge is 0.422 e. The lowest BCUT2D eigenvalue weighted by Gasteiger charge is -2.19. The number of hydrogen-bond donors (Lipinski definition) is 3. The van der Waals surface area contributed by atoms with Crippen molar-refractivity contribution in [2.75, 3.05) is 23.8 Å². The first kappa shape index (κ1) is 25.5. The first-order chi connectivity index (χ1) is 17.2. The Kier molecular flexibility index (Phi) is 7.48. The van der Waals surface area contributed by atoms with Crippen LogP contribution >= 0.6 is 11.6 Å². The second-order valence-corrected chi connectivity index (χ2v) is 8.78. The molecule has 1 saturated carbocycles. The Bertz CT molecular complexity index is 1200. The highest BCUT2D eigenvalue weighted by Gasteiger charge is 2.45. The van der Waals surface area contributed by atoms with Crippen LogP contribution in [-0.2, 0) is 5.54 Å². The molecule has 0 spiro atoms. The number of nitrogens with zero attached hydrogens (tertiary/aromatic N) is 3. The Morgan fingerprint density at radius 1 is 1.03 bits per heavy atom. The number of halogens is 4. The van der Waals surface area contributed by atoms with Crippen LogP contribution in [-0.4, -0.2) is 40.2 Å². The molecule has 1 aromatic heterocycles. The van der Waals surface area contributed by atoms with Crippen molar-refractivity contribution in [3.8, 4) is 6.01 Å². The first-order valence-electron chi connectivity index (χ1n) is 11.3. The molecule has 12 heteroatoms. The fourth-order valence-electron chi connectivity index (χ4n) is 3.45. The highest BCUT2D eigenvalue weighted by Crippen LogP contribution is 2.48. The van der Waals surface area contributed by atoms with Crippen molar-refractivity contribution in [3.63, 3.8) is 0 Å². The monoisotopic (exact) mass is 520 g/mol. The zero-order valence-corrected chi connectivity index (χ0v) is 20.1. The van der Waals surface area contributed by atoms with Crippen LogP contribution in [0.15, 0.2) is 48.5 Å². The topological polar surface area (TPSA) is 101 Å². The molecule has 8 nitrogen and oxygen atoms in total. The van der Waals surface area contributed by atoms with Gasteiger partial charge in [0.1, 0.15) is 0 Å². The van der Waals surface area contributed by atoms with Gasteiger partial charge in [-0.25, -0.2) is 0 Å². The van der Waals surface area contributed by atoms with E-state index < -0.39 is 24.3 Å². The standard InChI is InChI=1S/C24H24ClF3N6O2/c1-2-13-29-19(35)15-3-9-18(10-4-15)30-20-31-21(33-22(32-20)36-14-24(26,27)28)34-23(11-12-23)16-5-7-17(25)8-6-16/h3-10H,2,11-14H2,1H3,(H,29,35)(H2,30,31,32,33,34). The fraction of sp³-hybridized carbons (Fsp3) is 0.333. The van der Waals surface area contributed by atoms with Crippen molar-refractivity contribution in [2.24, 2.45) is 0 Å². The first-order valence-corrected chi connectivity index (χ1v) is 11.7. The van der Waals surface area contributed by atoms with E-state index >= 15 is 0 Å². The van der Waals surface area contributed by atoms with Crippen LogP contribution in [0.3, 0.4) is 0 Å². The van der Waals surface area contributed by atoms with Crippen molar-refractivity contribution < 1.29 is 22.7 Å². The molecule has 1 amide bonds. The molecular formula is C24H24ClF3N6O2. The number of anilines is 3. The number of alkyl halides is 3. The predicted molar refractivity (Wildman–Crippen MR) is 130 cm³/mol. The van der Waals surface area contributed by atoms with Gasteiger partial charge >= 0.3 is 12.2 Å². The minimum atomic E-state index is -4.55. The van der Waals surface area contributed by atoms with E-state index in [0.717, 1.165) is 24.8 Å². The van der Waals surface area contributed by atoms with Crippen molar-refractivity contribution in [2.45, 2.75) is 37.9 Å². The molecule has 4 rings (SSSR count). The van der Waals surface area contributed by atoms with Gasteiger partial charge < -0.3 is 20.7 Å². The lowest BCUT2D eigenvalue weighted by molar-refractivity contribution is -0.154. The lowest BCUT2D eigenvalue weighted by Crippen LogP contribution is -2.23. The summed E-state index contributed by atoms with van der Waals surface area (Å²) in [7, 11) is 0. The van der Waals surface area contributed by atoms with E-state index in [4.69, 9.17) is 16.3 Å². The minimum Gasteiger partial charge on any atom is -0.454 e. The van der Waals surface area contributed by atoms with E-state index in [1.54, 1.807) is 36.4 Å². The van der Waals surface area contributed by atoms with Crippen LogP contribution in [0.1, 0.15) is 42.1 Å². The van der Waals surface area contributed by atoms with Crippen LogP contribution in [0.2, 0.25) is 5.02 Å². The van der Waals surface area contributed by atoms with Gasteiger partial charge in [-0.1, -0.05) is 30.7 Å². The van der Waals surface area contributed by atoms with E-state index in [0.29, 0.717) is 22.8 Å². The van der Waals surface area contributed by atoms with Crippen molar-refractivity contribution in [1.29, 1.82) is 0 Å². The van der Waals surface area contributed by atoms with Crippen molar-refractivity contribution in [1.82, 2.24) is 20.3 Å². The van der Waals surface area contributed by atoms with Crippen molar-refractivity contribution in [3.05, 3.63) is 64.7 Å². The normalized spacial score (nSPS) is 14.1. The Morgan fingerprint density at radius 2 is 1.69 bits per heavy atom. The number of rotatable bonds is 10. The van der Waals surface area contributed by atoms with E-state index in [9.17, 15) is 18.0 Å². The number of carbonyl (C=O) groups is 1. The molecule has 1 fully saturated rings. The summed E-state index contributed by atoms with van der Waals surface area (Å²) in [5.41, 5.74) is 1.49. The molecule has 3 aromatic rings. The van der Waals surface area contributed by atoms with Gasteiger partial charge in [0, 0.05) is 22.8 Å². The number of carbonyl (C=O) groups excluding carboxylic acids is 1. The lowest BCUT2D eigenvalue weighted by atomic mass is 10.1. The quantitative estimate of drug-likeness (QED) is 0.327. The molecule has 0 aliphatic heterocycles. The molecule has 1 heterocycles. The third-order valence-corrected chi connectivity index (χ3v) is 5.67. The molecule has 3 N–H and O–H groups in total. The summed E-state index contributed by atoms with van der Waals surface area (Å²) in [5.74, 6) is -0.151. The average Bonchev–Trinajstić information content (AvgIpc) is 3.62. The molecule has 0 bridgehead atoms. The molecule has 0 saturated heterocycles. The Balaban J connectivity index is 1.55. The predicted octanol–water partition coefficient (Wildman–Crippen LogP) is 5.45. The number of amides is 1. The summed E-state index contributed by atoms with van der Waals surface area (Å²) < 4.78 is 43.0. The molecule has 0 radical (unpaired) electrons. The number of nitrogens with one attached hydrogen (secondary N) is 3. The summed E-state index contributed by atoms with van der Waals surface area (Å²) >= 11 is 5.99. The second-order valence-electron chi connectivity index (χ2n) is 8.34. The van der Waals surface area contributed by atoms with Gasteiger partial charge in [-0.05, 0) is 61.2 Å². The zero-order chi connectivity index (χ0) is 25.8. The maximum absolute atomic E-state index is 12.7. The average molecular weight is 521 g/mol. The molecule has 1 aliphatic carbocycles. The Hall–Kier alpha value is -3.60. The van der Waals surface area contributed by atoms with Crippen LogP contribution in [0.25, 0.3) is 0 Å². The molecule has 2 aromatic carbocycles. The summed E-state index contributed by atoms with van der Waals surface area (Å²) in [5, 5.41) is 9.53. The zero-order valence-electron chi connectivity index (χ0n) is 19.3. The van der Waals surface area contributed by atoms with E-state index in [-0.39, 0.29) is 17.8 Å².